The summed E-state index contributed by atoms with van der Waals surface area (Å²) in [5.41, 5.74) is 0.320. The van der Waals surface area contributed by atoms with Gasteiger partial charge in [-0.15, -0.1) is 0 Å². The average Bonchev–Trinajstić information content (AvgIpc) is 3.22. The van der Waals surface area contributed by atoms with Crippen LogP contribution in [0, 0.1) is 5.82 Å². The molecule has 2 aromatic rings. The average molecular weight is 431 g/mol. The fraction of sp³-hybridized carbons (Fsp3) is 0.333. The predicted molar refractivity (Wildman–Crippen MR) is 109 cm³/mol. The van der Waals surface area contributed by atoms with Crippen LogP contribution in [0.15, 0.2) is 47.4 Å². The van der Waals surface area contributed by atoms with Crippen LogP contribution in [-0.4, -0.2) is 50.8 Å². The van der Waals surface area contributed by atoms with Crippen molar-refractivity contribution in [2.75, 3.05) is 23.9 Å². The third-order valence-corrected chi connectivity index (χ3v) is 7.16. The topological polar surface area (TPSA) is 86.8 Å². The molecule has 1 saturated heterocycles. The summed E-state index contributed by atoms with van der Waals surface area (Å²) in [5.74, 6) is -1.68. The van der Waals surface area contributed by atoms with Crippen LogP contribution in [0.4, 0.5) is 10.1 Å². The molecule has 0 saturated carbocycles. The number of rotatable bonds is 3. The molecule has 0 bridgehead atoms. The van der Waals surface area contributed by atoms with Gasteiger partial charge in [0.05, 0.1) is 28.3 Å². The third kappa shape index (κ3) is 3.54. The maximum absolute atomic E-state index is 14.8. The highest BCUT2D eigenvalue weighted by Crippen LogP contribution is 2.30. The van der Waals surface area contributed by atoms with Crippen molar-refractivity contribution in [2.24, 2.45) is 0 Å². The number of sulfonamides is 1. The first-order valence-corrected chi connectivity index (χ1v) is 11.2. The molecule has 4 rings (SSSR count). The number of para-hydroxylation sites is 1. The summed E-state index contributed by atoms with van der Waals surface area (Å²) in [6.45, 7) is 2.84. The number of nitrogens with zero attached hydrogens (tertiary/aromatic N) is 2. The summed E-state index contributed by atoms with van der Waals surface area (Å²) in [5, 5.41) is 2.75. The van der Waals surface area contributed by atoms with Crippen molar-refractivity contribution in [3.05, 3.63) is 59.4 Å². The molecule has 2 aliphatic heterocycles. The lowest BCUT2D eigenvalue weighted by Crippen LogP contribution is -2.41. The zero-order valence-corrected chi connectivity index (χ0v) is 17.3. The number of benzene rings is 2. The molecule has 1 atom stereocenters. The Bertz CT molecular complexity index is 1110. The monoisotopic (exact) mass is 431 g/mol. The Morgan fingerprint density at radius 3 is 2.53 bits per heavy atom. The van der Waals surface area contributed by atoms with Gasteiger partial charge in [-0.25, -0.2) is 12.8 Å². The van der Waals surface area contributed by atoms with Gasteiger partial charge in [0.2, 0.25) is 0 Å². The van der Waals surface area contributed by atoms with Gasteiger partial charge in [0.1, 0.15) is 5.82 Å². The first-order valence-electron chi connectivity index (χ1n) is 9.80. The minimum atomic E-state index is -4.16. The molecule has 2 aliphatic rings. The van der Waals surface area contributed by atoms with Gasteiger partial charge in [-0.3, -0.25) is 13.9 Å². The number of likely N-dealkylation sites (tertiary alicyclic amines) is 1. The summed E-state index contributed by atoms with van der Waals surface area (Å²) in [4.78, 5) is 26.2. The highest BCUT2D eigenvalue weighted by Gasteiger charge is 2.33. The van der Waals surface area contributed by atoms with Crippen molar-refractivity contribution in [1.82, 2.24) is 10.2 Å². The number of anilines is 1. The van der Waals surface area contributed by atoms with Gasteiger partial charge in [-0.2, -0.15) is 0 Å². The molecule has 9 heteroatoms. The predicted octanol–water partition coefficient (Wildman–Crippen LogP) is 2.39. The van der Waals surface area contributed by atoms with E-state index in [1.165, 1.54) is 12.1 Å². The molecule has 30 heavy (non-hydrogen) atoms. The summed E-state index contributed by atoms with van der Waals surface area (Å²) >= 11 is 0. The number of hydrogen-bond acceptors (Lipinski definition) is 4. The first kappa shape index (κ1) is 20.3. The number of carbonyl (C=O) groups excluding carboxylic acids is 2. The normalized spacial score (nSPS) is 19.3. The molecule has 0 unspecified atom stereocenters. The fourth-order valence-electron chi connectivity index (χ4n) is 3.85. The van der Waals surface area contributed by atoms with Crippen LogP contribution >= 0.6 is 0 Å². The zero-order chi connectivity index (χ0) is 21.5. The zero-order valence-electron chi connectivity index (χ0n) is 16.5. The Labute approximate surface area is 174 Å². The molecular formula is C21H22FN3O4S. The summed E-state index contributed by atoms with van der Waals surface area (Å²) < 4.78 is 42.6. The van der Waals surface area contributed by atoms with Crippen LogP contribution < -0.4 is 9.62 Å². The molecule has 158 valence electrons. The van der Waals surface area contributed by atoms with E-state index in [0.29, 0.717) is 13.1 Å². The number of halogens is 1. The molecule has 0 aliphatic carbocycles. The maximum atomic E-state index is 14.8. The molecule has 2 aromatic carbocycles. The third-order valence-electron chi connectivity index (χ3n) is 5.39. The SMILES string of the molecule is C[C@H]1CN(S(=O)(=O)c2ccc(C(=O)N3CCCC3)c(F)c2)c2ccccc2C(=O)N1. The van der Waals surface area contributed by atoms with Gasteiger partial charge in [0, 0.05) is 19.1 Å². The Kier molecular flexibility index (Phi) is 5.23. The Morgan fingerprint density at radius 1 is 1.13 bits per heavy atom. The second-order valence-electron chi connectivity index (χ2n) is 7.57. The van der Waals surface area contributed by atoms with Crippen LogP contribution in [0.2, 0.25) is 0 Å². The first-order chi connectivity index (χ1) is 14.3. The van der Waals surface area contributed by atoms with Gasteiger partial charge in [0.25, 0.3) is 21.8 Å². The second-order valence-corrected chi connectivity index (χ2v) is 9.43. The van der Waals surface area contributed by atoms with Gasteiger partial charge < -0.3 is 10.2 Å². The fourth-order valence-corrected chi connectivity index (χ4v) is 5.44. The quantitative estimate of drug-likeness (QED) is 0.809. The van der Waals surface area contributed by atoms with Crippen molar-refractivity contribution in [1.29, 1.82) is 0 Å². The maximum Gasteiger partial charge on any atom is 0.264 e. The van der Waals surface area contributed by atoms with E-state index in [-0.39, 0.29) is 34.2 Å². The molecule has 2 amide bonds. The van der Waals surface area contributed by atoms with Crippen LogP contribution in [0.3, 0.4) is 0 Å². The molecular weight excluding hydrogens is 409 g/mol. The van der Waals surface area contributed by atoms with Gasteiger partial charge in [-0.05, 0) is 50.1 Å². The molecule has 0 radical (unpaired) electrons. The standard InChI is InChI=1S/C21H22FN3O4S/c1-14-13-25(19-7-3-2-6-17(19)20(26)23-14)30(28,29)15-8-9-16(18(22)12-15)21(27)24-10-4-5-11-24/h2-3,6-9,12,14H,4-5,10-11,13H2,1H3,(H,23,26)/t14-/m0/s1. The lowest BCUT2D eigenvalue weighted by Gasteiger charge is -2.25. The molecule has 1 fully saturated rings. The van der Waals surface area contributed by atoms with E-state index in [4.69, 9.17) is 0 Å². The highest BCUT2D eigenvalue weighted by atomic mass is 32.2. The van der Waals surface area contributed by atoms with Crippen molar-refractivity contribution < 1.29 is 22.4 Å². The summed E-state index contributed by atoms with van der Waals surface area (Å²) in [6, 6.07) is 9.29. The summed E-state index contributed by atoms with van der Waals surface area (Å²) in [6.07, 6.45) is 1.75. The smallest absolute Gasteiger partial charge is 0.264 e. The lowest BCUT2D eigenvalue weighted by molar-refractivity contribution is 0.0787. The highest BCUT2D eigenvalue weighted by molar-refractivity contribution is 7.92. The second kappa shape index (κ2) is 7.71. The number of hydrogen-bond donors (Lipinski definition) is 1. The van der Waals surface area contributed by atoms with E-state index in [9.17, 15) is 22.4 Å². The minimum absolute atomic E-state index is 0.00116. The van der Waals surface area contributed by atoms with Crippen LogP contribution in [-0.2, 0) is 10.0 Å². The van der Waals surface area contributed by atoms with E-state index in [2.05, 4.69) is 5.32 Å². The van der Waals surface area contributed by atoms with Crippen molar-refractivity contribution in [3.63, 3.8) is 0 Å². The van der Waals surface area contributed by atoms with Crippen LogP contribution in [0.5, 0.6) is 0 Å². The van der Waals surface area contributed by atoms with Crippen molar-refractivity contribution in [3.8, 4) is 0 Å². The van der Waals surface area contributed by atoms with E-state index in [1.54, 1.807) is 36.1 Å². The minimum Gasteiger partial charge on any atom is -0.348 e. The molecule has 2 heterocycles. The van der Waals surface area contributed by atoms with E-state index in [0.717, 1.165) is 23.2 Å². The Balaban J connectivity index is 1.73. The number of fused-ring (bicyclic) bond motifs is 1. The Hall–Kier alpha value is -2.94. The van der Waals surface area contributed by atoms with Gasteiger partial charge in [0.15, 0.2) is 0 Å². The molecule has 7 nitrogen and oxygen atoms in total. The summed E-state index contributed by atoms with van der Waals surface area (Å²) in [7, 11) is -4.16. The van der Waals surface area contributed by atoms with Gasteiger partial charge >= 0.3 is 0 Å². The molecule has 1 N–H and O–H groups in total. The van der Waals surface area contributed by atoms with E-state index >= 15 is 0 Å². The number of nitrogens with one attached hydrogen (secondary N) is 1. The largest absolute Gasteiger partial charge is 0.348 e. The van der Waals surface area contributed by atoms with Crippen molar-refractivity contribution in [2.45, 2.75) is 30.7 Å². The Morgan fingerprint density at radius 2 is 1.83 bits per heavy atom. The van der Waals surface area contributed by atoms with Crippen LogP contribution in [0.25, 0.3) is 0 Å². The molecule has 0 spiro atoms. The number of carbonyl (C=O) groups is 2. The van der Waals surface area contributed by atoms with E-state index < -0.39 is 27.8 Å². The lowest BCUT2D eigenvalue weighted by atomic mass is 10.1. The number of amides is 2. The van der Waals surface area contributed by atoms with Crippen molar-refractivity contribution >= 4 is 27.5 Å². The van der Waals surface area contributed by atoms with Gasteiger partial charge in [-0.1, -0.05) is 12.1 Å². The van der Waals surface area contributed by atoms with E-state index in [1.807, 2.05) is 0 Å². The van der Waals surface area contributed by atoms with Crippen LogP contribution in [0.1, 0.15) is 40.5 Å². The molecule has 0 aromatic heterocycles.